The summed E-state index contributed by atoms with van der Waals surface area (Å²) in [6.45, 7) is 1.50. The van der Waals surface area contributed by atoms with Crippen LogP contribution in [0.4, 0.5) is 0 Å². The molecule has 1 aromatic carbocycles. The van der Waals surface area contributed by atoms with Crippen molar-refractivity contribution in [2.45, 2.75) is 6.42 Å². The Labute approximate surface area is 115 Å². The first-order valence-electron chi connectivity index (χ1n) is 5.88. The SMILES string of the molecule is COc1ccc(C(=O)N2CCC(CBr)C2)c(O)c1. The minimum Gasteiger partial charge on any atom is -0.507 e. The molecule has 1 aliphatic heterocycles. The molecule has 1 unspecified atom stereocenters. The average Bonchev–Trinajstić information content (AvgIpc) is 2.86. The molecule has 5 heteroatoms. The van der Waals surface area contributed by atoms with Gasteiger partial charge in [-0.15, -0.1) is 0 Å². The summed E-state index contributed by atoms with van der Waals surface area (Å²) >= 11 is 3.44. The van der Waals surface area contributed by atoms with E-state index in [9.17, 15) is 9.90 Å². The zero-order chi connectivity index (χ0) is 13.1. The molecule has 18 heavy (non-hydrogen) atoms. The van der Waals surface area contributed by atoms with Crippen molar-refractivity contribution in [1.29, 1.82) is 0 Å². The lowest BCUT2D eigenvalue weighted by molar-refractivity contribution is 0.0785. The number of aromatic hydroxyl groups is 1. The van der Waals surface area contributed by atoms with Gasteiger partial charge in [0.15, 0.2) is 0 Å². The molecule has 0 aliphatic carbocycles. The highest BCUT2D eigenvalue weighted by atomic mass is 79.9. The Balaban J connectivity index is 2.14. The van der Waals surface area contributed by atoms with Crippen molar-refractivity contribution in [2.24, 2.45) is 5.92 Å². The van der Waals surface area contributed by atoms with Crippen LogP contribution in [0.2, 0.25) is 0 Å². The second-order valence-corrected chi connectivity index (χ2v) is 5.09. The van der Waals surface area contributed by atoms with Crippen molar-refractivity contribution < 1.29 is 14.6 Å². The largest absolute Gasteiger partial charge is 0.507 e. The Morgan fingerprint density at radius 1 is 1.61 bits per heavy atom. The van der Waals surface area contributed by atoms with Gasteiger partial charge >= 0.3 is 0 Å². The Hall–Kier alpha value is -1.23. The quantitative estimate of drug-likeness (QED) is 0.871. The Morgan fingerprint density at radius 3 is 2.94 bits per heavy atom. The van der Waals surface area contributed by atoms with Gasteiger partial charge in [0.2, 0.25) is 0 Å². The number of hydrogen-bond acceptors (Lipinski definition) is 3. The normalized spacial score (nSPS) is 19.0. The number of phenolic OH excluding ortho intramolecular Hbond substituents is 1. The van der Waals surface area contributed by atoms with E-state index in [0.29, 0.717) is 17.2 Å². The first-order valence-corrected chi connectivity index (χ1v) is 7.00. The number of carbonyl (C=O) groups is 1. The van der Waals surface area contributed by atoms with Crippen molar-refractivity contribution in [3.8, 4) is 11.5 Å². The Kier molecular flexibility index (Phi) is 4.11. The molecule has 0 saturated carbocycles. The molecule has 4 nitrogen and oxygen atoms in total. The van der Waals surface area contributed by atoms with E-state index in [1.165, 1.54) is 13.2 Å². The summed E-state index contributed by atoms with van der Waals surface area (Å²) in [4.78, 5) is 14.0. The topological polar surface area (TPSA) is 49.8 Å². The molecule has 0 aromatic heterocycles. The minimum absolute atomic E-state index is 0.0263. The highest BCUT2D eigenvalue weighted by Crippen LogP contribution is 2.27. The molecule has 0 radical (unpaired) electrons. The lowest BCUT2D eigenvalue weighted by Gasteiger charge is -2.17. The Morgan fingerprint density at radius 2 is 2.39 bits per heavy atom. The molecule has 2 rings (SSSR count). The van der Waals surface area contributed by atoms with Gasteiger partial charge in [-0.2, -0.15) is 0 Å². The maximum Gasteiger partial charge on any atom is 0.257 e. The van der Waals surface area contributed by atoms with Gasteiger partial charge in [0.05, 0.1) is 12.7 Å². The molecule has 1 amide bonds. The summed E-state index contributed by atoms with van der Waals surface area (Å²) < 4.78 is 5.00. The summed E-state index contributed by atoms with van der Waals surface area (Å²) in [6, 6.07) is 4.76. The van der Waals surface area contributed by atoms with E-state index in [0.717, 1.165) is 24.8 Å². The van der Waals surface area contributed by atoms with Crippen molar-refractivity contribution in [3.05, 3.63) is 23.8 Å². The lowest BCUT2D eigenvalue weighted by Crippen LogP contribution is -2.28. The predicted octanol–water partition coefficient (Wildman–Crippen LogP) is 2.26. The van der Waals surface area contributed by atoms with Crippen LogP contribution in [0.3, 0.4) is 0 Å². The highest BCUT2D eigenvalue weighted by Gasteiger charge is 2.27. The third-order valence-corrected chi connectivity index (χ3v) is 4.14. The molecule has 0 bridgehead atoms. The van der Waals surface area contributed by atoms with Crippen molar-refractivity contribution in [3.63, 3.8) is 0 Å². The number of likely N-dealkylation sites (tertiary alicyclic amines) is 1. The number of alkyl halides is 1. The molecule has 1 fully saturated rings. The van der Waals surface area contributed by atoms with E-state index >= 15 is 0 Å². The van der Waals surface area contributed by atoms with E-state index in [4.69, 9.17) is 4.74 Å². The number of nitrogens with zero attached hydrogens (tertiary/aromatic N) is 1. The zero-order valence-electron chi connectivity index (χ0n) is 10.2. The fourth-order valence-corrected chi connectivity index (χ4v) is 2.66. The lowest BCUT2D eigenvalue weighted by atomic mass is 10.1. The molecule has 1 aliphatic rings. The fraction of sp³-hybridized carbons (Fsp3) is 0.462. The maximum absolute atomic E-state index is 12.2. The average molecular weight is 314 g/mol. The van der Waals surface area contributed by atoms with Crippen molar-refractivity contribution in [1.82, 2.24) is 4.90 Å². The van der Waals surface area contributed by atoms with Crippen LogP contribution in [-0.2, 0) is 0 Å². The van der Waals surface area contributed by atoms with Crippen LogP contribution in [0.15, 0.2) is 18.2 Å². The number of carbonyl (C=O) groups excluding carboxylic acids is 1. The van der Waals surface area contributed by atoms with Crippen LogP contribution in [0.25, 0.3) is 0 Å². The molecule has 1 saturated heterocycles. The van der Waals surface area contributed by atoms with Gasteiger partial charge in [0.25, 0.3) is 5.91 Å². The van der Waals surface area contributed by atoms with Crippen LogP contribution < -0.4 is 4.74 Å². The summed E-state index contributed by atoms with van der Waals surface area (Å²) in [5.41, 5.74) is 0.339. The first-order chi connectivity index (χ1) is 8.65. The number of benzene rings is 1. The van der Waals surface area contributed by atoms with Crippen LogP contribution in [-0.4, -0.2) is 41.4 Å². The molecule has 98 valence electrons. The van der Waals surface area contributed by atoms with Crippen LogP contribution in [0.1, 0.15) is 16.8 Å². The molecule has 1 heterocycles. The summed E-state index contributed by atoms with van der Waals surface area (Å²) in [6.07, 6.45) is 1.01. The third-order valence-electron chi connectivity index (χ3n) is 3.23. The molecule has 1 aromatic rings. The van der Waals surface area contributed by atoms with E-state index < -0.39 is 0 Å². The smallest absolute Gasteiger partial charge is 0.257 e. The number of hydrogen-bond donors (Lipinski definition) is 1. The molecule has 0 spiro atoms. The number of amides is 1. The number of phenols is 1. The standard InChI is InChI=1S/C13H16BrNO3/c1-18-10-2-3-11(12(16)6-10)13(17)15-5-4-9(7-14)8-15/h2-3,6,9,16H,4-5,7-8H2,1H3. The van der Waals surface area contributed by atoms with Crippen molar-refractivity contribution in [2.75, 3.05) is 25.5 Å². The first kappa shape index (κ1) is 13.2. The third kappa shape index (κ3) is 2.61. The minimum atomic E-state index is -0.112. The van der Waals surface area contributed by atoms with E-state index in [2.05, 4.69) is 15.9 Å². The second-order valence-electron chi connectivity index (χ2n) is 4.44. The molecule has 1 atom stereocenters. The van der Waals surface area contributed by atoms with Gasteiger partial charge in [-0.25, -0.2) is 0 Å². The fourth-order valence-electron chi connectivity index (χ4n) is 2.13. The number of rotatable bonds is 3. The monoisotopic (exact) mass is 313 g/mol. The second kappa shape index (κ2) is 5.61. The Bertz CT molecular complexity index is 450. The number of halogens is 1. The van der Waals surface area contributed by atoms with Gasteiger partial charge in [-0.3, -0.25) is 4.79 Å². The molecule has 1 N–H and O–H groups in total. The summed E-state index contributed by atoms with van der Waals surface area (Å²) in [7, 11) is 1.53. The zero-order valence-corrected chi connectivity index (χ0v) is 11.8. The molecular formula is C13H16BrNO3. The number of methoxy groups -OCH3 is 1. The molecular weight excluding hydrogens is 298 g/mol. The predicted molar refractivity (Wildman–Crippen MR) is 72.5 cm³/mol. The van der Waals surface area contributed by atoms with Crippen LogP contribution in [0, 0.1) is 5.92 Å². The highest BCUT2D eigenvalue weighted by molar-refractivity contribution is 9.09. The van der Waals surface area contributed by atoms with Gasteiger partial charge in [-0.05, 0) is 24.5 Å². The maximum atomic E-state index is 12.2. The summed E-state index contributed by atoms with van der Waals surface area (Å²) in [5, 5.41) is 10.7. The van der Waals surface area contributed by atoms with E-state index in [1.54, 1.807) is 17.0 Å². The van der Waals surface area contributed by atoms with Gasteiger partial charge < -0.3 is 14.7 Å². The van der Waals surface area contributed by atoms with E-state index in [-0.39, 0.29) is 11.7 Å². The van der Waals surface area contributed by atoms with Crippen LogP contribution in [0.5, 0.6) is 11.5 Å². The van der Waals surface area contributed by atoms with Crippen LogP contribution >= 0.6 is 15.9 Å². The van der Waals surface area contributed by atoms with Gasteiger partial charge in [0, 0.05) is 24.5 Å². The van der Waals surface area contributed by atoms with Crippen molar-refractivity contribution >= 4 is 21.8 Å². The number of ether oxygens (including phenoxy) is 1. The van der Waals surface area contributed by atoms with E-state index in [1.807, 2.05) is 0 Å². The van der Waals surface area contributed by atoms with Gasteiger partial charge in [0.1, 0.15) is 11.5 Å². The summed E-state index contributed by atoms with van der Waals surface area (Å²) in [5.74, 6) is 0.915. The van der Waals surface area contributed by atoms with Gasteiger partial charge in [-0.1, -0.05) is 15.9 Å².